The van der Waals surface area contributed by atoms with Crippen LogP contribution < -0.4 is 4.72 Å². The van der Waals surface area contributed by atoms with Crippen molar-refractivity contribution in [2.45, 2.75) is 47.0 Å². The minimum Gasteiger partial charge on any atom is -0.481 e. The lowest BCUT2D eigenvalue weighted by Gasteiger charge is -2.23. The molecule has 0 aromatic rings. The molecule has 0 aliphatic rings. The summed E-state index contributed by atoms with van der Waals surface area (Å²) in [6, 6.07) is 0. The van der Waals surface area contributed by atoms with Crippen molar-refractivity contribution in [1.29, 1.82) is 0 Å². The number of unbranched alkanes of at least 4 members (excludes halogenated alkanes) is 1. The molecule has 1 unspecified atom stereocenters. The van der Waals surface area contributed by atoms with Crippen molar-refractivity contribution in [3.05, 3.63) is 0 Å². The SMILES string of the molecule is CCCCS(=O)(=O)NCC(CC(C)(C)C)C(=O)O. The van der Waals surface area contributed by atoms with Crippen LogP contribution in [-0.2, 0) is 14.8 Å². The molecule has 0 aliphatic heterocycles. The van der Waals surface area contributed by atoms with E-state index in [1.165, 1.54) is 0 Å². The predicted octanol–water partition coefficient (Wildman–Crippen LogP) is 1.84. The van der Waals surface area contributed by atoms with Crippen molar-refractivity contribution in [2.75, 3.05) is 12.3 Å². The molecule has 0 saturated carbocycles. The monoisotopic (exact) mass is 279 g/mol. The Morgan fingerprint density at radius 1 is 1.33 bits per heavy atom. The van der Waals surface area contributed by atoms with Gasteiger partial charge in [0.25, 0.3) is 0 Å². The highest BCUT2D eigenvalue weighted by Gasteiger charge is 2.25. The van der Waals surface area contributed by atoms with E-state index in [1.54, 1.807) is 0 Å². The number of rotatable bonds is 8. The Kier molecular flexibility index (Phi) is 6.84. The van der Waals surface area contributed by atoms with E-state index in [0.29, 0.717) is 12.8 Å². The summed E-state index contributed by atoms with van der Waals surface area (Å²) in [6.45, 7) is 7.70. The molecule has 0 fully saturated rings. The van der Waals surface area contributed by atoms with E-state index >= 15 is 0 Å². The first-order chi connectivity index (χ1) is 8.07. The number of sulfonamides is 1. The average Bonchev–Trinajstić information content (AvgIpc) is 2.19. The smallest absolute Gasteiger partial charge is 0.307 e. The third kappa shape index (κ3) is 8.47. The van der Waals surface area contributed by atoms with Crippen LogP contribution >= 0.6 is 0 Å². The zero-order chi connectivity index (χ0) is 14.4. The summed E-state index contributed by atoms with van der Waals surface area (Å²) in [5, 5.41) is 9.07. The first-order valence-electron chi connectivity index (χ1n) is 6.27. The van der Waals surface area contributed by atoms with E-state index in [-0.39, 0.29) is 17.7 Å². The third-order valence-corrected chi connectivity index (χ3v) is 3.96. The number of hydrogen-bond donors (Lipinski definition) is 2. The number of carbonyl (C=O) groups is 1. The van der Waals surface area contributed by atoms with E-state index in [4.69, 9.17) is 5.11 Å². The van der Waals surface area contributed by atoms with Gasteiger partial charge in [0, 0.05) is 6.54 Å². The van der Waals surface area contributed by atoms with Crippen molar-refractivity contribution in [3.8, 4) is 0 Å². The van der Waals surface area contributed by atoms with Crippen LogP contribution in [0.1, 0.15) is 47.0 Å². The van der Waals surface area contributed by atoms with Crippen LogP contribution in [0.5, 0.6) is 0 Å². The minimum atomic E-state index is -3.34. The first-order valence-corrected chi connectivity index (χ1v) is 7.93. The minimum absolute atomic E-state index is 0.0291. The van der Waals surface area contributed by atoms with E-state index in [2.05, 4.69) is 4.72 Å². The molecular weight excluding hydrogens is 254 g/mol. The fourth-order valence-electron chi connectivity index (χ4n) is 1.62. The maximum absolute atomic E-state index is 11.6. The van der Waals surface area contributed by atoms with Gasteiger partial charge in [-0.05, 0) is 18.3 Å². The van der Waals surface area contributed by atoms with Crippen LogP contribution in [-0.4, -0.2) is 31.8 Å². The van der Waals surface area contributed by atoms with E-state index in [9.17, 15) is 13.2 Å². The van der Waals surface area contributed by atoms with E-state index in [1.807, 2.05) is 27.7 Å². The van der Waals surface area contributed by atoms with Gasteiger partial charge in [-0.15, -0.1) is 0 Å². The molecule has 0 heterocycles. The zero-order valence-electron chi connectivity index (χ0n) is 11.7. The molecule has 0 radical (unpaired) electrons. The van der Waals surface area contributed by atoms with Crippen LogP contribution in [0, 0.1) is 11.3 Å². The van der Waals surface area contributed by atoms with E-state index < -0.39 is 21.9 Å². The molecule has 5 nitrogen and oxygen atoms in total. The normalized spacial score (nSPS) is 14.4. The highest BCUT2D eigenvalue weighted by atomic mass is 32.2. The second-order valence-corrected chi connectivity index (χ2v) is 7.75. The molecule has 0 aliphatic carbocycles. The summed E-state index contributed by atoms with van der Waals surface area (Å²) in [4.78, 5) is 11.1. The lowest BCUT2D eigenvalue weighted by Crippen LogP contribution is -2.36. The molecular formula is C12H25NO4S. The van der Waals surface area contributed by atoms with Crippen molar-refractivity contribution >= 4 is 16.0 Å². The van der Waals surface area contributed by atoms with Crippen LogP contribution in [0.2, 0.25) is 0 Å². The van der Waals surface area contributed by atoms with Gasteiger partial charge in [0.2, 0.25) is 10.0 Å². The molecule has 0 aromatic carbocycles. The van der Waals surface area contributed by atoms with Gasteiger partial charge in [0.05, 0.1) is 11.7 Å². The van der Waals surface area contributed by atoms with Crippen LogP contribution in [0.4, 0.5) is 0 Å². The highest BCUT2D eigenvalue weighted by Crippen LogP contribution is 2.24. The second kappa shape index (κ2) is 7.09. The number of aliphatic carboxylic acids is 1. The first kappa shape index (κ1) is 17.4. The topological polar surface area (TPSA) is 83.5 Å². The summed E-state index contributed by atoms with van der Waals surface area (Å²) >= 11 is 0. The average molecular weight is 279 g/mol. The van der Waals surface area contributed by atoms with Gasteiger partial charge in [-0.1, -0.05) is 34.1 Å². The van der Waals surface area contributed by atoms with Crippen LogP contribution in [0.3, 0.4) is 0 Å². The second-order valence-electron chi connectivity index (χ2n) is 5.82. The molecule has 108 valence electrons. The van der Waals surface area contributed by atoms with E-state index in [0.717, 1.165) is 6.42 Å². The number of carboxylic acid groups (broad SMARTS) is 1. The molecule has 0 amide bonds. The lowest BCUT2D eigenvalue weighted by molar-refractivity contribution is -0.142. The van der Waals surface area contributed by atoms with Gasteiger partial charge in [-0.2, -0.15) is 0 Å². The summed E-state index contributed by atoms with van der Waals surface area (Å²) in [6.07, 6.45) is 1.83. The Morgan fingerprint density at radius 2 is 1.89 bits per heavy atom. The predicted molar refractivity (Wildman–Crippen MR) is 71.9 cm³/mol. The van der Waals surface area contributed by atoms with Gasteiger partial charge in [0.15, 0.2) is 0 Å². The molecule has 0 aromatic heterocycles. The quantitative estimate of drug-likeness (QED) is 0.710. The van der Waals surface area contributed by atoms with Gasteiger partial charge in [0.1, 0.15) is 0 Å². The summed E-state index contributed by atoms with van der Waals surface area (Å²) in [5.41, 5.74) is -0.141. The maximum atomic E-state index is 11.6. The van der Waals surface area contributed by atoms with Gasteiger partial charge in [-0.3, -0.25) is 4.79 Å². The van der Waals surface area contributed by atoms with Crippen molar-refractivity contribution in [3.63, 3.8) is 0 Å². The molecule has 0 bridgehead atoms. The molecule has 2 N–H and O–H groups in total. The largest absolute Gasteiger partial charge is 0.481 e. The zero-order valence-corrected chi connectivity index (χ0v) is 12.5. The van der Waals surface area contributed by atoms with Gasteiger partial charge in [-0.25, -0.2) is 13.1 Å². The Balaban J connectivity index is 4.41. The number of carboxylic acids is 1. The standard InChI is InChI=1S/C12H25NO4S/c1-5-6-7-18(16,17)13-9-10(11(14)15)8-12(2,3)4/h10,13H,5-9H2,1-4H3,(H,14,15). The summed E-state index contributed by atoms with van der Waals surface area (Å²) in [7, 11) is -3.34. The lowest BCUT2D eigenvalue weighted by atomic mass is 9.85. The molecule has 18 heavy (non-hydrogen) atoms. The Hall–Kier alpha value is -0.620. The van der Waals surface area contributed by atoms with Crippen molar-refractivity contribution in [1.82, 2.24) is 4.72 Å². The summed E-state index contributed by atoms with van der Waals surface area (Å²) in [5.74, 6) is -1.57. The van der Waals surface area contributed by atoms with Crippen LogP contribution in [0.15, 0.2) is 0 Å². The maximum Gasteiger partial charge on any atom is 0.307 e. The van der Waals surface area contributed by atoms with Gasteiger partial charge >= 0.3 is 5.97 Å². The number of nitrogens with one attached hydrogen (secondary N) is 1. The van der Waals surface area contributed by atoms with Crippen LogP contribution in [0.25, 0.3) is 0 Å². The third-order valence-electron chi connectivity index (χ3n) is 2.52. The molecule has 0 spiro atoms. The van der Waals surface area contributed by atoms with Crippen molar-refractivity contribution < 1.29 is 18.3 Å². The Bertz CT molecular complexity index is 357. The molecule has 0 rings (SSSR count). The Labute approximate surface area is 110 Å². The number of hydrogen-bond acceptors (Lipinski definition) is 3. The fraction of sp³-hybridized carbons (Fsp3) is 0.917. The van der Waals surface area contributed by atoms with Crippen molar-refractivity contribution in [2.24, 2.45) is 11.3 Å². The molecule has 0 saturated heterocycles. The van der Waals surface area contributed by atoms with Gasteiger partial charge < -0.3 is 5.11 Å². The highest BCUT2D eigenvalue weighted by molar-refractivity contribution is 7.89. The fourth-order valence-corrected chi connectivity index (χ4v) is 2.89. The molecule has 6 heteroatoms. The summed E-state index contributed by atoms with van der Waals surface area (Å²) < 4.78 is 25.5. The Morgan fingerprint density at radius 3 is 2.28 bits per heavy atom. The molecule has 1 atom stereocenters.